The van der Waals surface area contributed by atoms with Crippen molar-refractivity contribution in [2.45, 2.75) is 31.9 Å². The third kappa shape index (κ3) is 5.36. The molecule has 0 saturated carbocycles. The number of methoxy groups -OCH3 is 1. The van der Waals surface area contributed by atoms with Crippen LogP contribution in [0.2, 0.25) is 0 Å². The van der Waals surface area contributed by atoms with Gasteiger partial charge in [-0.15, -0.1) is 11.3 Å². The van der Waals surface area contributed by atoms with Crippen molar-refractivity contribution in [1.82, 2.24) is 9.97 Å². The Labute approximate surface area is 191 Å². The van der Waals surface area contributed by atoms with E-state index >= 15 is 0 Å². The Morgan fingerprint density at radius 2 is 1.97 bits per heavy atom. The summed E-state index contributed by atoms with van der Waals surface area (Å²) in [6.07, 6.45) is 0.889. The molecule has 11 heteroatoms. The van der Waals surface area contributed by atoms with E-state index in [9.17, 15) is 18.0 Å². The van der Waals surface area contributed by atoms with Gasteiger partial charge in [0.25, 0.3) is 5.91 Å². The second kappa shape index (κ2) is 9.92. The number of nitrogens with one attached hydrogen (secondary N) is 1. The first-order valence-corrected chi connectivity index (χ1v) is 11.2. The van der Waals surface area contributed by atoms with Gasteiger partial charge in [0.1, 0.15) is 23.5 Å². The number of alkyl halides is 3. The van der Waals surface area contributed by atoms with Crippen molar-refractivity contribution in [2.75, 3.05) is 32.2 Å². The maximum atomic E-state index is 13.2. The molecule has 0 radical (unpaired) electrons. The molecule has 2 heterocycles. The van der Waals surface area contributed by atoms with E-state index in [-0.39, 0.29) is 24.7 Å². The molecule has 0 spiro atoms. The first-order valence-electron chi connectivity index (χ1n) is 10.4. The standard InChI is InChI=1S/C22H22F3N3O4S/c1-30-8-9-31-16-7-6-13(22(23,24)25)10-15(16)28-18(29)11-32-20-19-14-4-2-3-5-17(14)33-21(19)27-12-26-20/h6-7,10,12H,2-5,8-9,11H2,1H3,(H,28,29). The minimum Gasteiger partial charge on any atom is -0.489 e. The maximum absolute atomic E-state index is 13.2. The number of amides is 1. The van der Waals surface area contributed by atoms with Crippen LogP contribution in [0.4, 0.5) is 18.9 Å². The first-order chi connectivity index (χ1) is 15.9. The Bertz CT molecular complexity index is 1150. The summed E-state index contributed by atoms with van der Waals surface area (Å²) < 4.78 is 55.5. The molecule has 2 aromatic heterocycles. The van der Waals surface area contributed by atoms with Crippen LogP contribution >= 0.6 is 11.3 Å². The van der Waals surface area contributed by atoms with Gasteiger partial charge in [-0.25, -0.2) is 9.97 Å². The monoisotopic (exact) mass is 481 g/mol. The molecular formula is C22H22F3N3O4S. The number of anilines is 1. The number of rotatable bonds is 8. The molecule has 4 rings (SSSR count). The molecule has 0 fully saturated rings. The molecule has 33 heavy (non-hydrogen) atoms. The molecule has 0 saturated heterocycles. The van der Waals surface area contributed by atoms with Crippen LogP contribution in [0.5, 0.6) is 11.6 Å². The van der Waals surface area contributed by atoms with Crippen LogP contribution in [-0.2, 0) is 28.5 Å². The van der Waals surface area contributed by atoms with Crippen LogP contribution < -0.4 is 14.8 Å². The van der Waals surface area contributed by atoms with E-state index in [2.05, 4.69) is 15.3 Å². The Hall–Kier alpha value is -2.92. The Balaban J connectivity index is 1.50. The first kappa shape index (κ1) is 23.2. The number of hydrogen-bond acceptors (Lipinski definition) is 7. The minimum absolute atomic E-state index is 0.102. The van der Waals surface area contributed by atoms with Crippen LogP contribution in [0.15, 0.2) is 24.5 Å². The Morgan fingerprint density at radius 1 is 1.15 bits per heavy atom. The minimum atomic E-state index is -4.56. The van der Waals surface area contributed by atoms with Gasteiger partial charge >= 0.3 is 6.18 Å². The van der Waals surface area contributed by atoms with E-state index in [1.165, 1.54) is 24.4 Å². The van der Waals surface area contributed by atoms with Crippen LogP contribution in [0.1, 0.15) is 28.8 Å². The molecule has 0 bridgehead atoms. The normalized spacial score (nSPS) is 13.6. The average molecular weight is 481 g/mol. The van der Waals surface area contributed by atoms with E-state index in [0.29, 0.717) is 5.88 Å². The van der Waals surface area contributed by atoms with Crippen molar-refractivity contribution in [3.05, 3.63) is 40.5 Å². The highest BCUT2D eigenvalue weighted by Crippen LogP contribution is 2.39. The average Bonchev–Trinajstić information content (AvgIpc) is 3.17. The summed E-state index contributed by atoms with van der Waals surface area (Å²) in [4.78, 5) is 23.1. The summed E-state index contributed by atoms with van der Waals surface area (Å²) in [6.45, 7) is -0.0693. The van der Waals surface area contributed by atoms with Crippen molar-refractivity contribution < 1.29 is 32.2 Å². The summed E-state index contributed by atoms with van der Waals surface area (Å²) >= 11 is 1.60. The van der Waals surface area contributed by atoms with Gasteiger partial charge in [0.2, 0.25) is 5.88 Å². The Morgan fingerprint density at radius 3 is 2.76 bits per heavy atom. The lowest BCUT2D eigenvalue weighted by molar-refractivity contribution is -0.137. The lowest BCUT2D eigenvalue weighted by Crippen LogP contribution is -2.22. The zero-order valence-electron chi connectivity index (χ0n) is 17.8. The number of hydrogen-bond donors (Lipinski definition) is 1. The number of fused-ring (bicyclic) bond motifs is 3. The fraction of sp³-hybridized carbons (Fsp3) is 0.409. The van der Waals surface area contributed by atoms with Crippen molar-refractivity contribution in [3.63, 3.8) is 0 Å². The third-order valence-electron chi connectivity index (χ3n) is 5.18. The van der Waals surface area contributed by atoms with Gasteiger partial charge in [-0.05, 0) is 49.4 Å². The number of nitrogens with zero attached hydrogens (tertiary/aromatic N) is 2. The smallest absolute Gasteiger partial charge is 0.416 e. The van der Waals surface area contributed by atoms with E-state index in [1.807, 2.05) is 0 Å². The zero-order valence-corrected chi connectivity index (χ0v) is 18.6. The van der Waals surface area contributed by atoms with Crippen molar-refractivity contribution in [3.8, 4) is 11.6 Å². The molecule has 1 amide bonds. The van der Waals surface area contributed by atoms with Crippen LogP contribution in [0.25, 0.3) is 10.2 Å². The Kier molecular flexibility index (Phi) is 6.99. The molecule has 0 aliphatic heterocycles. The molecule has 3 aromatic rings. The number of thiophene rings is 1. The number of ether oxygens (including phenoxy) is 3. The van der Waals surface area contributed by atoms with Crippen molar-refractivity contribution in [2.24, 2.45) is 0 Å². The van der Waals surface area contributed by atoms with Gasteiger partial charge in [0.15, 0.2) is 6.61 Å². The summed E-state index contributed by atoms with van der Waals surface area (Å²) in [5, 5.41) is 3.27. The lowest BCUT2D eigenvalue weighted by Gasteiger charge is -2.15. The van der Waals surface area contributed by atoms with Crippen LogP contribution in [0.3, 0.4) is 0 Å². The molecule has 1 N–H and O–H groups in total. The topological polar surface area (TPSA) is 82.6 Å². The molecule has 0 atom stereocenters. The molecule has 1 aliphatic carbocycles. The van der Waals surface area contributed by atoms with Gasteiger partial charge in [0.05, 0.1) is 23.2 Å². The lowest BCUT2D eigenvalue weighted by atomic mass is 9.97. The van der Waals surface area contributed by atoms with Gasteiger partial charge in [-0.2, -0.15) is 13.2 Å². The van der Waals surface area contributed by atoms with E-state index in [4.69, 9.17) is 14.2 Å². The quantitative estimate of drug-likeness (QED) is 0.473. The predicted molar refractivity (Wildman–Crippen MR) is 117 cm³/mol. The van der Waals surface area contributed by atoms with Gasteiger partial charge in [-0.1, -0.05) is 0 Å². The van der Waals surface area contributed by atoms with Crippen LogP contribution in [0, 0.1) is 0 Å². The number of halogens is 3. The molecule has 1 aliphatic rings. The fourth-order valence-corrected chi connectivity index (χ4v) is 4.88. The second-order valence-electron chi connectivity index (χ2n) is 7.46. The summed E-state index contributed by atoms with van der Waals surface area (Å²) in [6, 6.07) is 2.89. The summed E-state index contributed by atoms with van der Waals surface area (Å²) in [5.41, 5.74) is 0.152. The number of carbonyl (C=O) groups is 1. The van der Waals surface area contributed by atoms with E-state index in [0.717, 1.165) is 53.6 Å². The molecule has 0 unspecified atom stereocenters. The van der Waals surface area contributed by atoms with Gasteiger partial charge in [0, 0.05) is 12.0 Å². The van der Waals surface area contributed by atoms with E-state index < -0.39 is 24.3 Å². The molecule has 1 aromatic carbocycles. The maximum Gasteiger partial charge on any atom is 0.416 e. The number of aryl methyl sites for hydroxylation is 2. The summed E-state index contributed by atoms with van der Waals surface area (Å²) in [5.74, 6) is -0.235. The van der Waals surface area contributed by atoms with Gasteiger partial charge < -0.3 is 19.5 Å². The van der Waals surface area contributed by atoms with Gasteiger partial charge in [-0.3, -0.25) is 4.79 Å². The number of carbonyl (C=O) groups excluding carboxylic acids is 1. The molecular weight excluding hydrogens is 459 g/mol. The SMILES string of the molecule is COCCOc1ccc(C(F)(F)F)cc1NC(=O)COc1ncnc2sc3c(c12)CCCC3. The number of aromatic nitrogens is 2. The highest BCUT2D eigenvalue weighted by molar-refractivity contribution is 7.18. The van der Waals surface area contributed by atoms with Crippen molar-refractivity contribution in [1.29, 1.82) is 0 Å². The molecule has 7 nitrogen and oxygen atoms in total. The fourth-order valence-electron chi connectivity index (χ4n) is 3.66. The molecule has 176 valence electrons. The number of benzene rings is 1. The predicted octanol–water partition coefficient (Wildman–Crippen LogP) is 4.63. The highest BCUT2D eigenvalue weighted by atomic mass is 32.1. The largest absolute Gasteiger partial charge is 0.489 e. The zero-order chi connectivity index (χ0) is 23.4. The van der Waals surface area contributed by atoms with Crippen molar-refractivity contribution >= 4 is 33.1 Å². The highest BCUT2D eigenvalue weighted by Gasteiger charge is 2.31. The van der Waals surface area contributed by atoms with Crippen LogP contribution in [-0.4, -0.2) is 42.8 Å². The second-order valence-corrected chi connectivity index (χ2v) is 8.54. The summed E-state index contributed by atoms with van der Waals surface area (Å²) in [7, 11) is 1.48. The third-order valence-corrected chi connectivity index (χ3v) is 6.38. The van der Waals surface area contributed by atoms with E-state index in [1.54, 1.807) is 11.3 Å².